The molecular weight excluding hydrogens is 415 g/mol. The summed E-state index contributed by atoms with van der Waals surface area (Å²) in [6, 6.07) is 3.79. The fourth-order valence-corrected chi connectivity index (χ4v) is 4.07. The lowest BCUT2D eigenvalue weighted by atomic mass is 9.95. The zero-order valence-electron chi connectivity index (χ0n) is 18.7. The van der Waals surface area contributed by atoms with E-state index < -0.39 is 5.82 Å². The van der Waals surface area contributed by atoms with Crippen LogP contribution in [-0.2, 0) is 16.6 Å². The third-order valence-corrected chi connectivity index (χ3v) is 5.87. The number of hydrogen-bond donors (Lipinski definition) is 1. The Labute approximate surface area is 186 Å². The Bertz CT molecular complexity index is 1040. The van der Waals surface area contributed by atoms with Crippen LogP contribution in [0.25, 0.3) is 11.0 Å². The Kier molecular flexibility index (Phi) is 6.51. The molecule has 0 bridgehead atoms. The largest absolute Gasteiger partial charge is 0.487 e. The van der Waals surface area contributed by atoms with Crippen molar-refractivity contribution in [1.29, 1.82) is 5.26 Å². The maximum Gasteiger partial charge on any atom is 0.297 e. The fourth-order valence-electron chi connectivity index (χ4n) is 4.07. The highest BCUT2D eigenvalue weighted by molar-refractivity contribution is 5.85. The summed E-state index contributed by atoms with van der Waals surface area (Å²) >= 11 is 0. The molecule has 0 unspecified atom stereocenters. The van der Waals surface area contributed by atoms with Crippen molar-refractivity contribution in [2.24, 2.45) is 7.05 Å². The van der Waals surface area contributed by atoms with E-state index in [0.29, 0.717) is 12.6 Å². The molecule has 2 saturated carbocycles. The van der Waals surface area contributed by atoms with Gasteiger partial charge in [0.1, 0.15) is 23.2 Å². The van der Waals surface area contributed by atoms with Crippen LogP contribution in [-0.4, -0.2) is 46.4 Å². The second-order valence-corrected chi connectivity index (χ2v) is 8.77. The van der Waals surface area contributed by atoms with E-state index in [1.165, 1.54) is 13.0 Å². The number of carbonyl (C=O) groups excluding carboxylic acids is 1. The molecule has 0 saturated heterocycles. The Morgan fingerprint density at radius 2 is 1.88 bits per heavy atom. The number of ether oxygens (including phenoxy) is 3. The fraction of sp³-hybridized carbons (Fsp3) is 0.609. The van der Waals surface area contributed by atoms with Gasteiger partial charge in [0.05, 0.1) is 24.4 Å². The molecule has 9 heteroatoms. The van der Waals surface area contributed by atoms with Gasteiger partial charge in [0.15, 0.2) is 11.6 Å². The molecule has 1 N–H and O–H groups in total. The monoisotopic (exact) mass is 444 g/mol. The molecule has 0 spiro atoms. The maximum atomic E-state index is 15.1. The van der Waals surface area contributed by atoms with E-state index in [1.807, 2.05) is 6.92 Å². The van der Waals surface area contributed by atoms with Crippen molar-refractivity contribution < 1.29 is 23.4 Å². The zero-order chi connectivity index (χ0) is 22.8. The molecule has 32 heavy (non-hydrogen) atoms. The number of fused-ring (bicyclic) bond motifs is 1. The summed E-state index contributed by atoms with van der Waals surface area (Å²) in [5.41, 5.74) is 0.779. The molecule has 1 heterocycles. The minimum absolute atomic E-state index is 0.0241. The Morgan fingerprint density at radius 3 is 2.50 bits per heavy atom. The minimum atomic E-state index is -0.513. The molecule has 8 nitrogen and oxygen atoms in total. The van der Waals surface area contributed by atoms with Crippen LogP contribution in [0.15, 0.2) is 6.07 Å². The van der Waals surface area contributed by atoms with Crippen molar-refractivity contribution in [3.8, 4) is 17.8 Å². The zero-order valence-corrected chi connectivity index (χ0v) is 18.7. The first-order chi connectivity index (χ1) is 15.4. The lowest BCUT2D eigenvalue weighted by Gasteiger charge is -2.29. The van der Waals surface area contributed by atoms with Gasteiger partial charge in [-0.2, -0.15) is 10.2 Å². The van der Waals surface area contributed by atoms with Crippen molar-refractivity contribution in [1.82, 2.24) is 14.9 Å². The lowest BCUT2D eigenvalue weighted by molar-refractivity contribution is -0.120. The number of nitrogens with zero attached hydrogens (tertiary/aromatic N) is 3. The summed E-state index contributed by atoms with van der Waals surface area (Å²) in [4.78, 5) is 15.5. The Hall–Kier alpha value is -2.86. The van der Waals surface area contributed by atoms with Gasteiger partial charge < -0.3 is 19.5 Å². The first-order valence-corrected chi connectivity index (χ1v) is 11.2. The van der Waals surface area contributed by atoms with Crippen molar-refractivity contribution in [3.63, 3.8) is 0 Å². The SMILES string of the molecule is CC(=O)N[C@@H](C)CO[C@H]1CC[C@H](Oc2nc3c(C#N)cc(OC4CC4)c(F)c3n2C)CC1. The Morgan fingerprint density at radius 1 is 1.25 bits per heavy atom. The van der Waals surface area contributed by atoms with Gasteiger partial charge in [-0.1, -0.05) is 0 Å². The number of amides is 1. The topological polar surface area (TPSA) is 98.4 Å². The standard InChI is InChI=1S/C23H29FN4O4/c1-13(26-14(2)29)12-30-16-4-6-18(7-5-16)32-23-27-21-15(11-25)10-19(31-17-8-9-17)20(24)22(21)28(23)3/h10,13,16-18H,4-9,12H2,1-3H3,(H,26,29)/t13-,16-,18-/m0/s1. The van der Waals surface area contributed by atoms with Crippen LogP contribution in [0, 0.1) is 17.1 Å². The van der Waals surface area contributed by atoms with E-state index in [-0.39, 0.29) is 52.6 Å². The van der Waals surface area contributed by atoms with Crippen molar-refractivity contribution >= 4 is 16.9 Å². The van der Waals surface area contributed by atoms with E-state index >= 15 is 4.39 Å². The highest BCUT2D eigenvalue weighted by Crippen LogP contribution is 2.36. The van der Waals surface area contributed by atoms with Gasteiger partial charge in [-0.05, 0) is 45.4 Å². The number of halogens is 1. The average Bonchev–Trinajstić information content (AvgIpc) is 3.52. The number of aryl methyl sites for hydroxylation is 1. The van der Waals surface area contributed by atoms with Gasteiger partial charge in [0.2, 0.25) is 5.91 Å². The van der Waals surface area contributed by atoms with Gasteiger partial charge >= 0.3 is 0 Å². The van der Waals surface area contributed by atoms with Gasteiger partial charge in [-0.25, -0.2) is 4.39 Å². The van der Waals surface area contributed by atoms with Crippen LogP contribution >= 0.6 is 0 Å². The van der Waals surface area contributed by atoms with Crippen LogP contribution in [0.2, 0.25) is 0 Å². The molecule has 0 aliphatic heterocycles. The van der Waals surface area contributed by atoms with Crippen LogP contribution in [0.3, 0.4) is 0 Å². The van der Waals surface area contributed by atoms with Crippen LogP contribution in [0.4, 0.5) is 4.39 Å². The van der Waals surface area contributed by atoms with E-state index in [0.717, 1.165) is 38.5 Å². The molecular formula is C23H29FN4O4. The van der Waals surface area contributed by atoms with Gasteiger partial charge in [0, 0.05) is 26.1 Å². The minimum Gasteiger partial charge on any atom is -0.487 e. The molecule has 2 aliphatic rings. The van der Waals surface area contributed by atoms with Gasteiger partial charge in [-0.15, -0.1) is 0 Å². The summed E-state index contributed by atoms with van der Waals surface area (Å²) in [6.45, 7) is 3.88. The average molecular weight is 445 g/mol. The molecule has 2 aliphatic carbocycles. The van der Waals surface area contributed by atoms with Gasteiger partial charge in [0.25, 0.3) is 6.01 Å². The maximum absolute atomic E-state index is 15.1. The second-order valence-electron chi connectivity index (χ2n) is 8.77. The summed E-state index contributed by atoms with van der Waals surface area (Å²) < 4.78 is 34.3. The van der Waals surface area contributed by atoms with Crippen molar-refractivity contribution in [3.05, 3.63) is 17.4 Å². The Balaban J connectivity index is 1.41. The second kappa shape index (κ2) is 9.33. The first-order valence-electron chi connectivity index (χ1n) is 11.2. The van der Waals surface area contributed by atoms with Crippen LogP contribution in [0.5, 0.6) is 11.8 Å². The summed E-state index contributed by atoms with van der Waals surface area (Å²) in [7, 11) is 1.69. The summed E-state index contributed by atoms with van der Waals surface area (Å²) in [5, 5.41) is 12.3. The normalized spacial score (nSPS) is 21.7. The number of rotatable bonds is 8. The molecule has 1 amide bonds. The van der Waals surface area contributed by atoms with Crippen LogP contribution in [0.1, 0.15) is 57.9 Å². The summed E-state index contributed by atoms with van der Waals surface area (Å²) in [6.07, 6.45) is 5.12. The molecule has 2 aromatic rings. The molecule has 1 aromatic heterocycles. The first kappa shape index (κ1) is 22.3. The molecule has 0 radical (unpaired) electrons. The van der Waals surface area contributed by atoms with Crippen molar-refractivity contribution in [2.45, 2.75) is 76.7 Å². The van der Waals surface area contributed by atoms with E-state index in [2.05, 4.69) is 16.4 Å². The summed E-state index contributed by atoms with van der Waals surface area (Å²) in [5.74, 6) is -0.485. The lowest BCUT2D eigenvalue weighted by Crippen LogP contribution is -2.37. The predicted molar refractivity (Wildman–Crippen MR) is 115 cm³/mol. The van der Waals surface area contributed by atoms with E-state index in [1.54, 1.807) is 11.6 Å². The molecule has 1 atom stereocenters. The van der Waals surface area contributed by atoms with E-state index in [9.17, 15) is 10.1 Å². The van der Waals surface area contributed by atoms with Gasteiger partial charge in [-0.3, -0.25) is 9.36 Å². The molecule has 2 fully saturated rings. The van der Waals surface area contributed by atoms with Crippen molar-refractivity contribution in [2.75, 3.05) is 6.61 Å². The number of nitriles is 1. The molecule has 4 rings (SSSR count). The third kappa shape index (κ3) is 4.96. The number of nitrogens with one attached hydrogen (secondary N) is 1. The molecule has 1 aromatic carbocycles. The number of aromatic nitrogens is 2. The highest BCUT2D eigenvalue weighted by Gasteiger charge is 2.29. The predicted octanol–water partition coefficient (Wildman–Crippen LogP) is 3.36. The number of hydrogen-bond acceptors (Lipinski definition) is 6. The highest BCUT2D eigenvalue weighted by atomic mass is 19.1. The van der Waals surface area contributed by atoms with Crippen LogP contribution < -0.4 is 14.8 Å². The third-order valence-electron chi connectivity index (χ3n) is 5.87. The quantitative estimate of drug-likeness (QED) is 0.670. The number of imidazole rings is 1. The number of benzene rings is 1. The number of carbonyl (C=O) groups is 1. The van der Waals surface area contributed by atoms with E-state index in [4.69, 9.17) is 14.2 Å². The smallest absolute Gasteiger partial charge is 0.297 e. The molecule has 172 valence electrons.